The lowest BCUT2D eigenvalue weighted by Gasteiger charge is -2.14. The highest BCUT2D eigenvalue weighted by molar-refractivity contribution is 5.94. The SMILES string of the molecule is Cc1oc(CN(C)CCc2ccccn2)cc1C(=O)NN. The minimum absolute atomic E-state index is 0.335. The number of nitrogens with two attached hydrogens (primary N) is 1. The number of hydrogen-bond acceptors (Lipinski definition) is 5. The number of nitrogens with one attached hydrogen (secondary N) is 1. The van der Waals surface area contributed by atoms with Gasteiger partial charge in [0.25, 0.3) is 5.91 Å². The molecular formula is C15H20N4O2. The monoisotopic (exact) mass is 288 g/mol. The van der Waals surface area contributed by atoms with E-state index in [1.807, 2.05) is 25.2 Å². The molecule has 0 aliphatic heterocycles. The van der Waals surface area contributed by atoms with Crippen molar-refractivity contribution >= 4 is 5.91 Å². The predicted octanol–water partition coefficient (Wildman–Crippen LogP) is 1.26. The molecule has 0 unspecified atom stereocenters. The number of pyridine rings is 1. The highest BCUT2D eigenvalue weighted by Crippen LogP contribution is 2.16. The zero-order chi connectivity index (χ0) is 15.2. The second-order valence-corrected chi connectivity index (χ2v) is 4.96. The van der Waals surface area contributed by atoms with Crippen molar-refractivity contribution in [1.29, 1.82) is 0 Å². The number of aromatic nitrogens is 1. The smallest absolute Gasteiger partial charge is 0.268 e. The Bertz CT molecular complexity index is 595. The molecule has 21 heavy (non-hydrogen) atoms. The fraction of sp³-hybridized carbons (Fsp3) is 0.333. The maximum Gasteiger partial charge on any atom is 0.268 e. The van der Waals surface area contributed by atoms with Gasteiger partial charge in [-0.2, -0.15) is 0 Å². The Balaban J connectivity index is 1.91. The molecule has 0 saturated heterocycles. The molecule has 0 aromatic carbocycles. The first-order valence-corrected chi connectivity index (χ1v) is 6.79. The molecule has 112 valence electrons. The summed E-state index contributed by atoms with van der Waals surface area (Å²) in [7, 11) is 2.00. The molecule has 2 aromatic rings. The van der Waals surface area contributed by atoms with Crippen LogP contribution in [0.15, 0.2) is 34.9 Å². The maximum atomic E-state index is 11.5. The van der Waals surface area contributed by atoms with Gasteiger partial charge in [-0.15, -0.1) is 0 Å². The van der Waals surface area contributed by atoms with Crippen molar-refractivity contribution in [2.45, 2.75) is 19.9 Å². The average molecular weight is 288 g/mol. The van der Waals surface area contributed by atoms with E-state index in [1.165, 1.54) is 0 Å². The van der Waals surface area contributed by atoms with Crippen LogP contribution in [-0.2, 0) is 13.0 Å². The molecule has 2 rings (SSSR count). The number of rotatable bonds is 6. The molecule has 0 atom stereocenters. The first-order valence-electron chi connectivity index (χ1n) is 6.79. The predicted molar refractivity (Wildman–Crippen MR) is 79.4 cm³/mol. The van der Waals surface area contributed by atoms with Crippen LogP contribution in [0.4, 0.5) is 0 Å². The van der Waals surface area contributed by atoms with Gasteiger partial charge in [0.05, 0.1) is 12.1 Å². The van der Waals surface area contributed by atoms with Gasteiger partial charge in [0.15, 0.2) is 0 Å². The molecule has 1 amide bonds. The van der Waals surface area contributed by atoms with Crippen LogP contribution < -0.4 is 11.3 Å². The number of nitrogen functional groups attached to an aromatic ring is 1. The largest absolute Gasteiger partial charge is 0.464 e. The number of carbonyl (C=O) groups excluding carboxylic acids is 1. The Morgan fingerprint density at radius 2 is 2.29 bits per heavy atom. The van der Waals surface area contributed by atoms with Crippen LogP contribution in [0.25, 0.3) is 0 Å². The normalized spacial score (nSPS) is 10.9. The molecule has 0 aliphatic carbocycles. The third-order valence-corrected chi connectivity index (χ3v) is 3.25. The van der Waals surface area contributed by atoms with E-state index in [-0.39, 0.29) is 5.91 Å². The van der Waals surface area contributed by atoms with Gasteiger partial charge in [-0.05, 0) is 32.2 Å². The van der Waals surface area contributed by atoms with E-state index in [9.17, 15) is 4.79 Å². The third-order valence-electron chi connectivity index (χ3n) is 3.25. The highest BCUT2D eigenvalue weighted by Gasteiger charge is 2.14. The zero-order valence-electron chi connectivity index (χ0n) is 12.3. The number of hydrazine groups is 1. The Morgan fingerprint density at radius 3 is 2.95 bits per heavy atom. The molecule has 0 aliphatic rings. The molecule has 2 heterocycles. The minimum Gasteiger partial charge on any atom is -0.464 e. The number of furan rings is 1. The van der Waals surface area contributed by atoms with Gasteiger partial charge in [-0.3, -0.25) is 20.1 Å². The second kappa shape index (κ2) is 7.01. The van der Waals surface area contributed by atoms with E-state index in [2.05, 4.69) is 15.3 Å². The summed E-state index contributed by atoms with van der Waals surface area (Å²) in [6.07, 6.45) is 2.66. The van der Waals surface area contributed by atoms with E-state index in [0.717, 1.165) is 24.4 Å². The van der Waals surface area contributed by atoms with Gasteiger partial charge < -0.3 is 4.42 Å². The number of hydrogen-bond donors (Lipinski definition) is 2. The fourth-order valence-electron chi connectivity index (χ4n) is 2.12. The Labute approximate surface area is 123 Å². The Hall–Kier alpha value is -2.18. The van der Waals surface area contributed by atoms with Gasteiger partial charge in [-0.1, -0.05) is 6.07 Å². The first kappa shape index (κ1) is 15.2. The van der Waals surface area contributed by atoms with Gasteiger partial charge >= 0.3 is 0 Å². The summed E-state index contributed by atoms with van der Waals surface area (Å²) in [6, 6.07) is 7.63. The number of likely N-dealkylation sites (N-methyl/N-ethyl adjacent to an activating group) is 1. The lowest BCUT2D eigenvalue weighted by molar-refractivity contribution is 0.0952. The van der Waals surface area contributed by atoms with Crippen LogP contribution in [0.1, 0.15) is 27.6 Å². The summed E-state index contributed by atoms with van der Waals surface area (Å²) in [4.78, 5) is 17.9. The van der Waals surface area contributed by atoms with E-state index in [0.29, 0.717) is 17.9 Å². The van der Waals surface area contributed by atoms with E-state index in [4.69, 9.17) is 10.3 Å². The van der Waals surface area contributed by atoms with E-state index >= 15 is 0 Å². The molecule has 0 radical (unpaired) electrons. The minimum atomic E-state index is -0.335. The number of aryl methyl sites for hydroxylation is 1. The van der Waals surface area contributed by atoms with Crippen molar-refractivity contribution in [3.05, 3.63) is 53.2 Å². The van der Waals surface area contributed by atoms with Crippen LogP contribution in [0.2, 0.25) is 0 Å². The quantitative estimate of drug-likeness (QED) is 0.475. The fourth-order valence-corrected chi connectivity index (χ4v) is 2.12. The van der Waals surface area contributed by atoms with Gasteiger partial charge in [0.1, 0.15) is 11.5 Å². The van der Waals surface area contributed by atoms with Crippen molar-refractivity contribution in [2.24, 2.45) is 5.84 Å². The molecule has 0 bridgehead atoms. The number of nitrogens with zero attached hydrogens (tertiary/aromatic N) is 2. The summed E-state index contributed by atoms with van der Waals surface area (Å²) < 4.78 is 5.59. The second-order valence-electron chi connectivity index (χ2n) is 4.96. The topological polar surface area (TPSA) is 84.4 Å². The zero-order valence-corrected chi connectivity index (χ0v) is 12.3. The summed E-state index contributed by atoms with van der Waals surface area (Å²) in [6.45, 7) is 3.24. The number of amides is 1. The summed E-state index contributed by atoms with van der Waals surface area (Å²) >= 11 is 0. The lowest BCUT2D eigenvalue weighted by Crippen LogP contribution is -2.30. The first-order chi connectivity index (χ1) is 10.1. The maximum absolute atomic E-state index is 11.5. The Kier molecular flexibility index (Phi) is 5.08. The molecule has 0 spiro atoms. The van der Waals surface area contributed by atoms with Crippen LogP contribution in [0.5, 0.6) is 0 Å². The average Bonchev–Trinajstić information content (AvgIpc) is 2.86. The summed E-state index contributed by atoms with van der Waals surface area (Å²) in [5.74, 6) is 6.12. The molecule has 0 fully saturated rings. The summed E-state index contributed by atoms with van der Waals surface area (Å²) in [5, 5.41) is 0. The van der Waals surface area contributed by atoms with Crippen LogP contribution in [0.3, 0.4) is 0 Å². The van der Waals surface area contributed by atoms with Crippen molar-refractivity contribution in [3.8, 4) is 0 Å². The van der Waals surface area contributed by atoms with E-state index in [1.54, 1.807) is 19.2 Å². The van der Waals surface area contributed by atoms with Crippen molar-refractivity contribution in [2.75, 3.05) is 13.6 Å². The van der Waals surface area contributed by atoms with Gasteiger partial charge in [0, 0.05) is 24.9 Å². The molecule has 6 heteroatoms. The van der Waals surface area contributed by atoms with Crippen LogP contribution >= 0.6 is 0 Å². The van der Waals surface area contributed by atoms with E-state index < -0.39 is 0 Å². The van der Waals surface area contributed by atoms with Crippen molar-refractivity contribution in [1.82, 2.24) is 15.3 Å². The number of carbonyl (C=O) groups is 1. The molecule has 6 nitrogen and oxygen atoms in total. The Morgan fingerprint density at radius 1 is 1.48 bits per heavy atom. The summed E-state index contributed by atoms with van der Waals surface area (Å²) in [5.41, 5.74) is 3.65. The third kappa shape index (κ3) is 4.14. The molecule has 0 saturated carbocycles. The molecule has 3 N–H and O–H groups in total. The molecule has 2 aromatic heterocycles. The van der Waals surface area contributed by atoms with Gasteiger partial charge in [-0.25, -0.2) is 5.84 Å². The van der Waals surface area contributed by atoms with Gasteiger partial charge in [0.2, 0.25) is 0 Å². The van der Waals surface area contributed by atoms with Crippen molar-refractivity contribution < 1.29 is 9.21 Å². The lowest BCUT2D eigenvalue weighted by atomic mass is 10.2. The molecular weight excluding hydrogens is 268 g/mol. The highest BCUT2D eigenvalue weighted by atomic mass is 16.3. The van der Waals surface area contributed by atoms with Crippen molar-refractivity contribution in [3.63, 3.8) is 0 Å². The standard InChI is InChI=1S/C15H20N4O2/c1-11-14(15(20)18-16)9-13(21-11)10-19(2)8-6-12-5-3-4-7-17-12/h3-5,7,9H,6,8,10,16H2,1-2H3,(H,18,20). The van der Waals surface area contributed by atoms with Crippen LogP contribution in [-0.4, -0.2) is 29.4 Å². The van der Waals surface area contributed by atoms with Crippen LogP contribution in [0, 0.1) is 6.92 Å².